The predicted molar refractivity (Wildman–Crippen MR) is 83.9 cm³/mol. The maximum atomic E-state index is 13.3. The number of halogens is 1. The summed E-state index contributed by atoms with van der Waals surface area (Å²) in [5.41, 5.74) is 1.58. The summed E-state index contributed by atoms with van der Waals surface area (Å²) in [6.45, 7) is 6.14. The van der Waals surface area contributed by atoms with E-state index in [1.165, 1.54) is 18.6 Å². The van der Waals surface area contributed by atoms with E-state index in [0.717, 1.165) is 38.3 Å². The molecule has 5 heteroatoms. The molecule has 1 N–H and O–H groups in total. The van der Waals surface area contributed by atoms with Gasteiger partial charge in [0.25, 0.3) is 0 Å². The molecular weight excluding hydrogens is 281 g/mol. The Bertz CT molecular complexity index is 607. The molecule has 0 bridgehead atoms. The van der Waals surface area contributed by atoms with Crippen LogP contribution >= 0.6 is 0 Å². The molecular formula is C17H22FN3O. The highest BCUT2D eigenvalue weighted by Gasteiger charge is 2.22. The van der Waals surface area contributed by atoms with Crippen LogP contribution in [0.4, 0.5) is 4.39 Å². The van der Waals surface area contributed by atoms with E-state index < -0.39 is 0 Å². The molecule has 3 rings (SSSR count). The molecule has 0 spiro atoms. The molecule has 0 amide bonds. The first-order valence-corrected chi connectivity index (χ1v) is 7.91. The van der Waals surface area contributed by atoms with Crippen molar-refractivity contribution >= 4 is 0 Å². The molecule has 1 aliphatic heterocycles. The van der Waals surface area contributed by atoms with Gasteiger partial charge in [-0.2, -0.15) is 0 Å². The molecule has 2 aromatic rings. The first-order valence-electron chi connectivity index (χ1n) is 7.91. The topological polar surface area (TPSA) is 41.3 Å². The minimum absolute atomic E-state index is 0.276. The van der Waals surface area contributed by atoms with E-state index in [9.17, 15) is 4.39 Å². The van der Waals surface area contributed by atoms with Crippen molar-refractivity contribution in [2.24, 2.45) is 0 Å². The van der Waals surface area contributed by atoms with Crippen LogP contribution in [0.5, 0.6) is 0 Å². The number of hydrogen-bond donors (Lipinski definition) is 1. The summed E-state index contributed by atoms with van der Waals surface area (Å²) >= 11 is 0. The summed E-state index contributed by atoms with van der Waals surface area (Å²) < 4.78 is 18.8. The Hall–Kier alpha value is -1.72. The van der Waals surface area contributed by atoms with Crippen LogP contribution in [0.3, 0.4) is 0 Å². The Morgan fingerprint density at radius 1 is 1.45 bits per heavy atom. The number of benzene rings is 1. The molecule has 0 radical (unpaired) electrons. The summed E-state index contributed by atoms with van der Waals surface area (Å²) in [5.74, 6) is 0.206. The standard InChI is InChI=1S/C17H22FN3O/c1-2-8-21(16-6-7-19-10-16)11-15-12-22-17(20-15)13-4-3-5-14(18)9-13/h3-5,9,12,16,19H,2,6-8,10-11H2,1H3. The molecule has 1 aromatic heterocycles. The van der Waals surface area contributed by atoms with Crippen LogP contribution in [-0.2, 0) is 6.54 Å². The van der Waals surface area contributed by atoms with Crippen molar-refractivity contribution in [3.63, 3.8) is 0 Å². The number of nitrogens with zero attached hydrogens (tertiary/aromatic N) is 2. The van der Waals surface area contributed by atoms with Crippen LogP contribution in [0.1, 0.15) is 25.5 Å². The van der Waals surface area contributed by atoms with Crippen molar-refractivity contribution in [2.75, 3.05) is 19.6 Å². The molecule has 1 fully saturated rings. The van der Waals surface area contributed by atoms with E-state index in [1.54, 1.807) is 12.3 Å². The van der Waals surface area contributed by atoms with Gasteiger partial charge in [-0.1, -0.05) is 13.0 Å². The Morgan fingerprint density at radius 2 is 2.36 bits per heavy atom. The molecule has 1 aliphatic rings. The number of rotatable bonds is 6. The lowest BCUT2D eigenvalue weighted by Gasteiger charge is -2.26. The minimum atomic E-state index is -0.276. The average Bonchev–Trinajstić information content (AvgIpc) is 3.18. The molecule has 2 heterocycles. The molecule has 1 atom stereocenters. The largest absolute Gasteiger partial charge is 0.444 e. The van der Waals surface area contributed by atoms with Crippen LogP contribution < -0.4 is 5.32 Å². The zero-order valence-corrected chi connectivity index (χ0v) is 12.9. The second-order valence-electron chi connectivity index (χ2n) is 5.77. The summed E-state index contributed by atoms with van der Waals surface area (Å²) in [5, 5.41) is 3.41. The van der Waals surface area contributed by atoms with Gasteiger partial charge >= 0.3 is 0 Å². The second-order valence-corrected chi connectivity index (χ2v) is 5.77. The maximum absolute atomic E-state index is 13.3. The van der Waals surface area contributed by atoms with Crippen LogP contribution in [0.2, 0.25) is 0 Å². The van der Waals surface area contributed by atoms with E-state index in [2.05, 4.69) is 22.1 Å². The Kier molecular flexibility index (Phi) is 4.85. The summed E-state index contributed by atoms with van der Waals surface area (Å²) in [7, 11) is 0. The van der Waals surface area contributed by atoms with Gasteiger partial charge < -0.3 is 9.73 Å². The smallest absolute Gasteiger partial charge is 0.226 e. The molecule has 1 unspecified atom stereocenters. The van der Waals surface area contributed by atoms with Crippen LogP contribution in [0.15, 0.2) is 34.9 Å². The normalized spacial score (nSPS) is 18.2. The third-order valence-corrected chi connectivity index (χ3v) is 4.05. The van der Waals surface area contributed by atoms with Gasteiger partial charge in [0.2, 0.25) is 5.89 Å². The van der Waals surface area contributed by atoms with E-state index in [4.69, 9.17) is 4.42 Å². The highest BCUT2D eigenvalue weighted by Crippen LogP contribution is 2.21. The van der Waals surface area contributed by atoms with Gasteiger partial charge in [0.15, 0.2) is 0 Å². The fourth-order valence-corrected chi connectivity index (χ4v) is 2.97. The zero-order chi connectivity index (χ0) is 15.4. The highest BCUT2D eigenvalue weighted by atomic mass is 19.1. The SMILES string of the molecule is CCCN(Cc1coc(-c2cccc(F)c2)n1)C1CCNC1. The third kappa shape index (κ3) is 3.54. The van der Waals surface area contributed by atoms with Gasteiger partial charge in [0.1, 0.15) is 12.1 Å². The van der Waals surface area contributed by atoms with Gasteiger partial charge in [-0.3, -0.25) is 4.90 Å². The Labute approximate surface area is 130 Å². The third-order valence-electron chi connectivity index (χ3n) is 4.05. The van der Waals surface area contributed by atoms with Gasteiger partial charge in [-0.25, -0.2) is 9.37 Å². The van der Waals surface area contributed by atoms with Gasteiger partial charge in [0, 0.05) is 24.7 Å². The van der Waals surface area contributed by atoms with Crippen LogP contribution in [-0.4, -0.2) is 35.6 Å². The molecule has 0 saturated carbocycles. The van der Waals surface area contributed by atoms with Crippen molar-refractivity contribution in [3.8, 4) is 11.5 Å². The molecule has 118 valence electrons. The first kappa shape index (κ1) is 15.2. The highest BCUT2D eigenvalue weighted by molar-refractivity contribution is 5.52. The first-order chi connectivity index (χ1) is 10.8. The van der Waals surface area contributed by atoms with Gasteiger partial charge in [-0.05, 0) is 44.1 Å². The van der Waals surface area contributed by atoms with Crippen LogP contribution in [0.25, 0.3) is 11.5 Å². The Morgan fingerprint density at radius 3 is 3.09 bits per heavy atom. The van der Waals surface area contributed by atoms with Crippen molar-refractivity contribution < 1.29 is 8.81 Å². The van der Waals surface area contributed by atoms with Crippen molar-refractivity contribution in [1.82, 2.24) is 15.2 Å². The molecule has 1 saturated heterocycles. The second kappa shape index (κ2) is 7.03. The monoisotopic (exact) mass is 303 g/mol. The lowest BCUT2D eigenvalue weighted by molar-refractivity contribution is 0.197. The molecule has 1 aromatic carbocycles. The van der Waals surface area contributed by atoms with Crippen LogP contribution in [0, 0.1) is 5.82 Å². The van der Waals surface area contributed by atoms with E-state index in [-0.39, 0.29) is 5.82 Å². The summed E-state index contributed by atoms with van der Waals surface area (Å²) in [6.07, 6.45) is 3.98. The summed E-state index contributed by atoms with van der Waals surface area (Å²) in [4.78, 5) is 6.97. The van der Waals surface area contributed by atoms with Gasteiger partial charge in [-0.15, -0.1) is 0 Å². The lowest BCUT2D eigenvalue weighted by Crippen LogP contribution is -2.37. The van der Waals surface area contributed by atoms with E-state index in [1.807, 2.05) is 6.07 Å². The van der Waals surface area contributed by atoms with E-state index >= 15 is 0 Å². The van der Waals surface area contributed by atoms with Crippen molar-refractivity contribution in [2.45, 2.75) is 32.4 Å². The zero-order valence-electron chi connectivity index (χ0n) is 12.9. The Balaban J connectivity index is 1.72. The number of nitrogens with one attached hydrogen (secondary N) is 1. The molecule has 4 nitrogen and oxygen atoms in total. The average molecular weight is 303 g/mol. The number of hydrogen-bond acceptors (Lipinski definition) is 4. The minimum Gasteiger partial charge on any atom is -0.444 e. The van der Waals surface area contributed by atoms with Crippen molar-refractivity contribution in [3.05, 3.63) is 42.0 Å². The number of aromatic nitrogens is 1. The molecule has 0 aliphatic carbocycles. The van der Waals surface area contributed by atoms with Gasteiger partial charge in [0.05, 0.1) is 5.69 Å². The summed E-state index contributed by atoms with van der Waals surface area (Å²) in [6, 6.07) is 6.91. The maximum Gasteiger partial charge on any atom is 0.226 e. The predicted octanol–water partition coefficient (Wildman–Crippen LogP) is 3.05. The fraction of sp³-hybridized carbons (Fsp3) is 0.471. The van der Waals surface area contributed by atoms with E-state index in [0.29, 0.717) is 17.5 Å². The molecule has 22 heavy (non-hydrogen) atoms. The quantitative estimate of drug-likeness (QED) is 0.890. The fourth-order valence-electron chi connectivity index (χ4n) is 2.97. The lowest BCUT2D eigenvalue weighted by atomic mass is 10.2. The number of oxazole rings is 1. The van der Waals surface area contributed by atoms with Crippen molar-refractivity contribution in [1.29, 1.82) is 0 Å².